The van der Waals surface area contributed by atoms with Crippen molar-refractivity contribution < 1.29 is 9.47 Å². The number of nitrogens with zero attached hydrogens (tertiary/aromatic N) is 8. The molecule has 0 fully saturated rings. The molecule has 10 nitrogen and oxygen atoms in total. The van der Waals surface area contributed by atoms with Crippen molar-refractivity contribution in [1.29, 1.82) is 0 Å². The van der Waals surface area contributed by atoms with Gasteiger partial charge in [0.15, 0.2) is 17.3 Å². The zero-order valence-electron chi connectivity index (χ0n) is 62.3. The van der Waals surface area contributed by atoms with Crippen molar-refractivity contribution in [2.24, 2.45) is 0 Å². The number of hydrogen-bond donors (Lipinski definition) is 0. The molecule has 0 N–H and O–H groups in total. The fraction of sp³-hybridized carbons (Fsp3) is 0.0189. The van der Waals surface area contributed by atoms with Gasteiger partial charge in [0.1, 0.15) is 22.8 Å². The molecule has 0 bridgehead atoms. The second kappa shape index (κ2) is 24.5. The van der Waals surface area contributed by atoms with Crippen LogP contribution in [0.2, 0.25) is 0 Å². The lowest BCUT2D eigenvalue weighted by Gasteiger charge is -2.45. The van der Waals surface area contributed by atoms with Crippen molar-refractivity contribution in [1.82, 2.24) is 38.2 Å². The minimum atomic E-state index is -0.706. The van der Waals surface area contributed by atoms with Gasteiger partial charge < -0.3 is 18.6 Å². The Morgan fingerprint density at radius 3 is 1.01 bits per heavy atom. The molecule has 6 aromatic heterocycles. The van der Waals surface area contributed by atoms with Crippen LogP contribution in [0.15, 0.2) is 388 Å². The van der Waals surface area contributed by atoms with E-state index >= 15 is 0 Å². The summed E-state index contributed by atoms with van der Waals surface area (Å²) in [5.74, 6) is 5.32. The Kier molecular flexibility index (Phi) is 13.5. The molecular formula is C106H64N8O2. The van der Waals surface area contributed by atoms with Crippen molar-refractivity contribution in [2.45, 2.75) is 10.8 Å². The molecule has 2 unspecified atom stereocenters. The van der Waals surface area contributed by atoms with Gasteiger partial charge in [-0.2, -0.15) is 0 Å². The molecule has 0 amide bonds. The van der Waals surface area contributed by atoms with Crippen LogP contribution >= 0.6 is 0 Å². The molecule has 116 heavy (non-hydrogen) atoms. The minimum Gasteiger partial charge on any atom is -0.454 e. The molecule has 0 saturated carbocycles. The predicted octanol–water partition coefficient (Wildman–Crippen LogP) is 25.6. The fourth-order valence-electron chi connectivity index (χ4n) is 20.2. The van der Waals surface area contributed by atoms with E-state index in [0.717, 1.165) is 134 Å². The number of aromatic nitrogens is 8. The molecule has 540 valence electrons. The second-order valence-electron chi connectivity index (χ2n) is 30.6. The SMILES string of the molecule is c1ccc(-c2cc(-c3ccccc3)nc(-n3c4ccccc4c4ccc5c(c43)Oc3ccccc3C53c4ccccc4-n4c5ccccc5c5cccc3c54)n2)cc1.c1ccc(-c2cc(-n3c4ccccc4c4ccc5c(c43)Oc3ccccc3C53c4ccccc4-n4c5ccccc5c5cccc3c54)nc(-c3ccccc3)n2)cc1. The number of ether oxygens (including phenoxy) is 2. The number of benzene rings is 16. The summed E-state index contributed by atoms with van der Waals surface area (Å²) in [6.45, 7) is 0. The maximum atomic E-state index is 7.33. The van der Waals surface area contributed by atoms with E-state index in [2.05, 4.69) is 370 Å². The van der Waals surface area contributed by atoms with E-state index in [1.54, 1.807) is 0 Å². The van der Waals surface area contributed by atoms with Gasteiger partial charge in [0.05, 0.1) is 77.9 Å². The van der Waals surface area contributed by atoms with Crippen LogP contribution < -0.4 is 9.47 Å². The van der Waals surface area contributed by atoms with Crippen LogP contribution in [0.4, 0.5) is 0 Å². The normalized spacial score (nSPS) is 15.1. The predicted molar refractivity (Wildman–Crippen MR) is 467 cm³/mol. The van der Waals surface area contributed by atoms with Gasteiger partial charge in [0.25, 0.3) is 0 Å². The first-order chi connectivity index (χ1) is 57.6. The van der Waals surface area contributed by atoms with E-state index < -0.39 is 10.8 Å². The first-order valence-electron chi connectivity index (χ1n) is 39.5. The average molecular weight is 1480 g/mol. The molecule has 0 saturated heterocycles. The lowest BCUT2D eigenvalue weighted by Crippen LogP contribution is -2.37. The van der Waals surface area contributed by atoms with Crippen LogP contribution in [0.5, 0.6) is 23.0 Å². The van der Waals surface area contributed by atoms with E-state index in [9.17, 15) is 0 Å². The van der Waals surface area contributed by atoms with Crippen LogP contribution in [0, 0.1) is 0 Å². The summed E-state index contributed by atoms with van der Waals surface area (Å²) >= 11 is 0. The molecule has 0 radical (unpaired) electrons. The van der Waals surface area contributed by atoms with Crippen LogP contribution in [-0.2, 0) is 10.8 Å². The fourth-order valence-corrected chi connectivity index (χ4v) is 20.2. The van der Waals surface area contributed by atoms with Gasteiger partial charge in [0, 0.05) is 93.7 Å². The monoisotopic (exact) mass is 1480 g/mol. The highest BCUT2D eigenvalue weighted by atomic mass is 16.5. The smallest absolute Gasteiger partial charge is 0.235 e. The van der Waals surface area contributed by atoms with Crippen LogP contribution in [0.1, 0.15) is 44.5 Å². The summed E-state index contributed by atoms with van der Waals surface area (Å²) in [5.41, 5.74) is 25.7. The van der Waals surface area contributed by atoms with Crippen molar-refractivity contribution in [2.75, 3.05) is 0 Å². The lowest BCUT2D eigenvalue weighted by molar-refractivity contribution is 0.437. The molecule has 22 aromatic rings. The molecule has 4 aliphatic rings. The summed E-state index contributed by atoms with van der Waals surface area (Å²) in [5, 5.41) is 9.38. The summed E-state index contributed by atoms with van der Waals surface area (Å²) in [4.78, 5) is 21.3. The van der Waals surface area contributed by atoms with Crippen LogP contribution in [0.3, 0.4) is 0 Å². The number of rotatable bonds is 6. The van der Waals surface area contributed by atoms with E-state index in [4.69, 9.17) is 29.4 Å². The Balaban J connectivity index is 0.000000130. The molecular weight excluding hydrogens is 1420 g/mol. The number of fused-ring (bicyclic) bond motifs is 30. The van der Waals surface area contributed by atoms with Crippen molar-refractivity contribution in [3.63, 3.8) is 0 Å². The molecule has 2 spiro atoms. The van der Waals surface area contributed by atoms with E-state index in [-0.39, 0.29) is 0 Å². The molecule has 10 heterocycles. The average Bonchev–Trinajstić information content (AvgIpc) is 1.33. The Hall–Kier alpha value is -15.5. The van der Waals surface area contributed by atoms with Crippen molar-refractivity contribution >= 4 is 87.2 Å². The quantitative estimate of drug-likeness (QED) is 0.165. The summed E-state index contributed by atoms with van der Waals surface area (Å²) < 4.78 is 24.1. The molecule has 4 aliphatic heterocycles. The molecule has 2 atom stereocenters. The number of hydrogen-bond acceptors (Lipinski definition) is 6. The van der Waals surface area contributed by atoms with Crippen LogP contribution in [-0.4, -0.2) is 38.2 Å². The van der Waals surface area contributed by atoms with Gasteiger partial charge in [-0.15, -0.1) is 0 Å². The van der Waals surface area contributed by atoms with E-state index in [1.165, 1.54) is 77.2 Å². The third-order valence-electron chi connectivity index (χ3n) is 24.8. The third-order valence-corrected chi connectivity index (χ3v) is 24.8. The summed E-state index contributed by atoms with van der Waals surface area (Å²) in [7, 11) is 0. The van der Waals surface area contributed by atoms with Crippen molar-refractivity contribution in [3.05, 3.63) is 433 Å². The highest BCUT2D eigenvalue weighted by Gasteiger charge is 2.53. The zero-order valence-corrected chi connectivity index (χ0v) is 62.3. The molecule has 0 aliphatic carbocycles. The highest BCUT2D eigenvalue weighted by molar-refractivity contribution is 6.17. The van der Waals surface area contributed by atoms with Gasteiger partial charge in [0.2, 0.25) is 5.95 Å². The van der Waals surface area contributed by atoms with Gasteiger partial charge in [-0.1, -0.05) is 328 Å². The minimum absolute atomic E-state index is 0.586. The third kappa shape index (κ3) is 8.78. The largest absolute Gasteiger partial charge is 0.454 e. The maximum Gasteiger partial charge on any atom is 0.235 e. The molecule has 26 rings (SSSR count). The summed E-state index contributed by atoms with van der Waals surface area (Å²) in [6.07, 6.45) is 0. The zero-order chi connectivity index (χ0) is 75.9. The number of para-hydroxylation sites is 10. The maximum absolute atomic E-state index is 7.33. The topological polar surface area (TPSA) is 89.7 Å². The van der Waals surface area contributed by atoms with Gasteiger partial charge in [-0.3, -0.25) is 9.13 Å². The Bertz CT molecular complexity index is 7330. The van der Waals surface area contributed by atoms with E-state index in [0.29, 0.717) is 11.8 Å². The molecule has 16 aromatic carbocycles. The standard InChI is InChI=1S/2C53H32N4O/c1-3-16-33(17-4-1)43-32-44(34-18-5-2-6-19-34)55-52(54-43)57-46-27-12-8-21-36(46)38-30-31-42-51(50(38)57)58-48-29-14-10-24-40(48)53(42)39-23-9-13-28-47(39)56-45-26-11-7-20-35(45)37-22-15-25-41(53)49(37)56;1-3-16-33(17-4-1)43-32-48(55-52(54-43)34-18-5-2-6-19-34)57-45-27-12-8-21-36(45)38-30-31-42-51(50(38)57)58-47-29-14-10-24-40(47)53(42)39-23-9-13-28-46(39)56-44-26-11-7-20-35(44)37-22-15-25-41(53)49(37)56/h2*1-32H. The van der Waals surface area contributed by atoms with Gasteiger partial charge in [-0.25, -0.2) is 19.9 Å². The highest BCUT2D eigenvalue weighted by Crippen LogP contribution is 2.65. The van der Waals surface area contributed by atoms with Crippen molar-refractivity contribution in [3.8, 4) is 91.3 Å². The Morgan fingerprint density at radius 1 is 0.216 bits per heavy atom. The first kappa shape index (κ1) is 64.2. The van der Waals surface area contributed by atoms with Gasteiger partial charge >= 0.3 is 0 Å². The van der Waals surface area contributed by atoms with Crippen LogP contribution in [0.25, 0.3) is 156 Å². The Labute approximate surface area is 665 Å². The summed E-state index contributed by atoms with van der Waals surface area (Å²) in [6, 6.07) is 138. The molecule has 10 heteroatoms. The van der Waals surface area contributed by atoms with E-state index in [1.807, 2.05) is 36.4 Å². The Morgan fingerprint density at radius 2 is 0.552 bits per heavy atom. The first-order valence-corrected chi connectivity index (χ1v) is 39.5. The lowest BCUT2D eigenvalue weighted by atomic mass is 9.61. The second-order valence-corrected chi connectivity index (χ2v) is 30.6. The van der Waals surface area contributed by atoms with Gasteiger partial charge in [-0.05, 0) is 76.9 Å².